The van der Waals surface area contributed by atoms with Gasteiger partial charge >= 0.3 is 0 Å². The Kier molecular flexibility index (Phi) is 4.82. The maximum atomic E-state index is 13.7. The molecule has 5 nitrogen and oxygen atoms in total. The van der Waals surface area contributed by atoms with Crippen molar-refractivity contribution in [1.29, 1.82) is 0 Å². The Morgan fingerprint density at radius 1 is 1.14 bits per heavy atom. The lowest BCUT2D eigenvalue weighted by atomic mass is 10.1. The summed E-state index contributed by atoms with van der Waals surface area (Å²) in [5.41, 5.74) is 1.85. The van der Waals surface area contributed by atoms with Crippen molar-refractivity contribution in [2.75, 3.05) is 4.90 Å². The Bertz CT molecular complexity index is 1210. The van der Waals surface area contributed by atoms with E-state index >= 15 is 0 Å². The topological polar surface area (TPSA) is 54.3 Å². The fourth-order valence-corrected chi connectivity index (χ4v) is 3.62. The van der Waals surface area contributed by atoms with Crippen LogP contribution in [-0.4, -0.2) is 21.5 Å². The monoisotopic (exact) mass is 405 g/mol. The van der Waals surface area contributed by atoms with Crippen LogP contribution < -0.4 is 10.2 Å². The molecular weight excluding hydrogens is 389 g/mol. The van der Waals surface area contributed by atoms with Crippen LogP contribution in [0.15, 0.2) is 73.0 Å². The van der Waals surface area contributed by atoms with Crippen LogP contribution in [0, 0.1) is 5.82 Å². The van der Waals surface area contributed by atoms with Crippen LogP contribution in [0.3, 0.4) is 0 Å². The lowest BCUT2D eigenvalue weighted by molar-refractivity contribution is -0.122. The predicted molar refractivity (Wildman–Crippen MR) is 115 cm³/mol. The summed E-state index contributed by atoms with van der Waals surface area (Å²) in [6, 6.07) is 13.2. The smallest absolute Gasteiger partial charge is 0.270 e. The van der Waals surface area contributed by atoms with E-state index in [1.165, 1.54) is 24.3 Å². The molecule has 1 fully saturated rings. The van der Waals surface area contributed by atoms with Crippen LogP contribution >= 0.6 is 12.2 Å². The molecule has 0 saturated carbocycles. The Labute approximate surface area is 171 Å². The van der Waals surface area contributed by atoms with Crippen LogP contribution in [0.4, 0.5) is 10.1 Å². The number of nitrogens with zero attached hydrogens (tertiary/aromatic N) is 2. The summed E-state index contributed by atoms with van der Waals surface area (Å²) in [5, 5.41) is 3.32. The number of thiocarbonyl (C=S) groups is 1. The van der Waals surface area contributed by atoms with Gasteiger partial charge in [0, 0.05) is 29.2 Å². The summed E-state index contributed by atoms with van der Waals surface area (Å²) in [7, 11) is 0. The van der Waals surface area contributed by atoms with Crippen LogP contribution in [0.2, 0.25) is 0 Å². The van der Waals surface area contributed by atoms with Gasteiger partial charge in [-0.05, 0) is 42.6 Å². The first-order valence-corrected chi connectivity index (χ1v) is 9.26. The van der Waals surface area contributed by atoms with Gasteiger partial charge < -0.3 is 4.57 Å². The van der Waals surface area contributed by atoms with E-state index in [1.807, 2.05) is 35.0 Å². The van der Waals surface area contributed by atoms with Crippen LogP contribution in [-0.2, 0) is 16.1 Å². The minimum atomic E-state index is -0.607. The molecule has 0 bridgehead atoms. The molecule has 2 amide bonds. The largest absolute Gasteiger partial charge is 0.343 e. The number of para-hydroxylation sites is 1. The van der Waals surface area contributed by atoms with E-state index in [0.29, 0.717) is 12.1 Å². The average molecular weight is 405 g/mol. The van der Waals surface area contributed by atoms with Crippen molar-refractivity contribution < 1.29 is 14.0 Å². The minimum absolute atomic E-state index is 0.0793. The highest BCUT2D eigenvalue weighted by atomic mass is 32.1. The molecule has 2 aromatic carbocycles. The normalized spacial score (nSPS) is 15.8. The van der Waals surface area contributed by atoms with E-state index in [1.54, 1.807) is 12.1 Å². The summed E-state index contributed by atoms with van der Waals surface area (Å²) in [5.74, 6) is -1.70. The number of allylic oxidation sites excluding steroid dienone is 1. The molecule has 1 saturated heterocycles. The molecule has 1 aromatic heterocycles. The van der Waals surface area contributed by atoms with Gasteiger partial charge in [-0.2, -0.15) is 0 Å². The highest BCUT2D eigenvalue weighted by molar-refractivity contribution is 7.80. The van der Waals surface area contributed by atoms with Crippen LogP contribution in [0.5, 0.6) is 0 Å². The lowest BCUT2D eigenvalue weighted by Crippen LogP contribution is -2.54. The van der Waals surface area contributed by atoms with Crippen molar-refractivity contribution >= 4 is 51.8 Å². The molecule has 4 rings (SSSR count). The molecule has 144 valence electrons. The molecular formula is C22H16FN3O2S. The first-order valence-electron chi connectivity index (χ1n) is 8.85. The number of halogens is 1. The minimum Gasteiger partial charge on any atom is -0.343 e. The summed E-state index contributed by atoms with van der Waals surface area (Å²) in [4.78, 5) is 26.7. The first kappa shape index (κ1) is 18.8. The number of rotatable bonds is 4. The molecule has 0 radical (unpaired) electrons. The first-order chi connectivity index (χ1) is 14.0. The lowest BCUT2D eigenvalue weighted by Gasteiger charge is -2.28. The highest BCUT2D eigenvalue weighted by Crippen LogP contribution is 2.27. The van der Waals surface area contributed by atoms with E-state index < -0.39 is 17.6 Å². The van der Waals surface area contributed by atoms with E-state index in [4.69, 9.17) is 12.2 Å². The van der Waals surface area contributed by atoms with Gasteiger partial charge in [-0.15, -0.1) is 6.58 Å². The van der Waals surface area contributed by atoms with Gasteiger partial charge in [0.05, 0.1) is 5.69 Å². The predicted octanol–water partition coefficient (Wildman–Crippen LogP) is 3.80. The van der Waals surface area contributed by atoms with E-state index in [2.05, 4.69) is 11.9 Å². The van der Waals surface area contributed by atoms with Crippen molar-refractivity contribution in [2.24, 2.45) is 0 Å². The van der Waals surface area contributed by atoms with Crippen molar-refractivity contribution in [3.63, 3.8) is 0 Å². The molecule has 0 unspecified atom stereocenters. The van der Waals surface area contributed by atoms with Gasteiger partial charge in [-0.25, -0.2) is 4.39 Å². The molecule has 3 aromatic rings. The molecule has 0 aliphatic carbocycles. The van der Waals surface area contributed by atoms with Gasteiger partial charge in [-0.3, -0.25) is 19.8 Å². The van der Waals surface area contributed by atoms with Gasteiger partial charge in [0.1, 0.15) is 11.4 Å². The Hall–Kier alpha value is -3.58. The molecule has 0 spiro atoms. The average Bonchev–Trinajstić information content (AvgIpc) is 3.03. The second-order valence-corrected chi connectivity index (χ2v) is 6.87. The summed E-state index contributed by atoms with van der Waals surface area (Å²) >= 11 is 5.15. The highest BCUT2D eigenvalue weighted by Gasteiger charge is 2.34. The summed E-state index contributed by atoms with van der Waals surface area (Å²) in [6.07, 6.45) is 5.17. The molecule has 1 aliphatic heterocycles. The van der Waals surface area contributed by atoms with Gasteiger partial charge in [0.15, 0.2) is 5.11 Å². The number of hydrogen-bond donors (Lipinski definition) is 1. The standard InChI is InChI=1S/C22H16FN3O2S/c1-2-10-25-13-14(17-8-3-4-9-19(17)25)11-18-20(27)24-22(29)26(21(18)28)16-7-5-6-15(23)12-16/h2-9,11-13H,1,10H2,(H,24,27,29)/b18-11+. The fourth-order valence-electron chi connectivity index (χ4n) is 3.34. The number of hydrogen-bond acceptors (Lipinski definition) is 3. The Morgan fingerprint density at radius 2 is 1.93 bits per heavy atom. The third-order valence-corrected chi connectivity index (χ3v) is 4.90. The Morgan fingerprint density at radius 3 is 2.69 bits per heavy atom. The Balaban J connectivity index is 1.82. The number of carbonyl (C=O) groups is 2. The van der Waals surface area contributed by atoms with Crippen LogP contribution in [0.1, 0.15) is 5.56 Å². The number of carbonyl (C=O) groups excluding carboxylic acids is 2. The number of benzene rings is 2. The SMILES string of the molecule is C=CCn1cc(/C=C2\C(=O)NC(=S)N(c3cccc(F)c3)C2=O)c2ccccc21. The molecule has 1 aliphatic rings. The zero-order valence-electron chi connectivity index (χ0n) is 15.3. The third kappa shape index (κ3) is 3.36. The molecule has 1 N–H and O–H groups in total. The van der Waals surface area contributed by atoms with Gasteiger partial charge in [0.25, 0.3) is 11.8 Å². The zero-order valence-corrected chi connectivity index (χ0v) is 16.1. The van der Waals surface area contributed by atoms with E-state index in [9.17, 15) is 14.0 Å². The number of nitrogens with one attached hydrogen (secondary N) is 1. The van der Waals surface area contributed by atoms with Gasteiger partial charge in [0.2, 0.25) is 0 Å². The van der Waals surface area contributed by atoms with Gasteiger partial charge in [-0.1, -0.05) is 30.3 Å². The number of anilines is 1. The fraction of sp³-hybridized carbons (Fsp3) is 0.0455. The molecule has 0 atom stereocenters. The zero-order chi connectivity index (χ0) is 20.5. The second-order valence-electron chi connectivity index (χ2n) is 6.48. The van der Waals surface area contributed by atoms with Crippen molar-refractivity contribution in [1.82, 2.24) is 9.88 Å². The number of aromatic nitrogens is 1. The third-order valence-electron chi connectivity index (χ3n) is 4.61. The van der Waals surface area contributed by atoms with E-state index in [-0.39, 0.29) is 16.4 Å². The maximum Gasteiger partial charge on any atom is 0.270 e. The molecule has 7 heteroatoms. The second kappa shape index (κ2) is 7.44. The molecule has 2 heterocycles. The number of amides is 2. The quantitative estimate of drug-likeness (QED) is 0.311. The number of fused-ring (bicyclic) bond motifs is 1. The van der Waals surface area contributed by atoms with Crippen molar-refractivity contribution in [2.45, 2.75) is 6.54 Å². The van der Waals surface area contributed by atoms with Crippen LogP contribution in [0.25, 0.3) is 17.0 Å². The van der Waals surface area contributed by atoms with Crippen molar-refractivity contribution in [3.05, 3.63) is 84.3 Å². The summed E-state index contributed by atoms with van der Waals surface area (Å²) in [6.45, 7) is 4.35. The van der Waals surface area contributed by atoms with Crippen molar-refractivity contribution in [3.8, 4) is 0 Å². The van der Waals surface area contributed by atoms with E-state index in [0.717, 1.165) is 15.8 Å². The maximum absolute atomic E-state index is 13.7. The summed E-state index contributed by atoms with van der Waals surface area (Å²) < 4.78 is 15.6. The molecule has 29 heavy (non-hydrogen) atoms.